The van der Waals surface area contributed by atoms with E-state index < -0.39 is 11.6 Å². The van der Waals surface area contributed by atoms with Gasteiger partial charge in [-0.2, -0.15) is 0 Å². The smallest absolute Gasteiger partial charge is 0.329 e. The van der Waals surface area contributed by atoms with Crippen LogP contribution in [0.5, 0.6) is 0 Å². The Kier molecular flexibility index (Phi) is 3.25. The molecule has 1 aliphatic heterocycles. The summed E-state index contributed by atoms with van der Waals surface area (Å²) in [5, 5.41) is 8.63. The second-order valence-corrected chi connectivity index (χ2v) is 6.76. The molecule has 6 nitrogen and oxygen atoms in total. The number of carbonyl (C=O) groups is 2. The highest BCUT2D eigenvalue weighted by Crippen LogP contribution is 2.48. The van der Waals surface area contributed by atoms with Crippen LogP contribution in [-0.2, 0) is 14.3 Å². The zero-order valence-corrected chi connectivity index (χ0v) is 11.7. The second kappa shape index (κ2) is 4.70. The first kappa shape index (κ1) is 13.8. The molecule has 2 saturated carbocycles. The van der Waals surface area contributed by atoms with E-state index in [4.69, 9.17) is 15.6 Å². The van der Waals surface area contributed by atoms with Crippen LogP contribution in [-0.4, -0.2) is 53.2 Å². The Morgan fingerprint density at radius 1 is 1.35 bits per heavy atom. The lowest BCUT2D eigenvalue weighted by atomic mass is 9.82. The van der Waals surface area contributed by atoms with Crippen LogP contribution in [0.2, 0.25) is 0 Å². The van der Waals surface area contributed by atoms with Crippen molar-refractivity contribution in [2.24, 2.45) is 23.5 Å². The van der Waals surface area contributed by atoms with Gasteiger partial charge in [-0.3, -0.25) is 4.79 Å². The number of ether oxygens (including phenoxy) is 1. The van der Waals surface area contributed by atoms with Gasteiger partial charge in [0, 0.05) is 6.04 Å². The standard InChI is InChI=1S/C14H22N2O4/c1-14(20-5-10(17)18)6-16(7-14)13(19)11-8-2-3-9(4-8)12(11)15/h8-9,11-12H,2-7,15H2,1H3,(H,17,18). The molecule has 2 aliphatic carbocycles. The highest BCUT2D eigenvalue weighted by atomic mass is 16.5. The molecule has 0 aromatic rings. The third-order valence-corrected chi connectivity index (χ3v) is 5.17. The van der Waals surface area contributed by atoms with Crippen molar-refractivity contribution in [3.63, 3.8) is 0 Å². The molecule has 2 bridgehead atoms. The summed E-state index contributed by atoms with van der Waals surface area (Å²) < 4.78 is 5.33. The van der Waals surface area contributed by atoms with Gasteiger partial charge < -0.3 is 20.5 Å². The molecule has 3 fully saturated rings. The van der Waals surface area contributed by atoms with Gasteiger partial charge in [0.2, 0.25) is 5.91 Å². The Morgan fingerprint density at radius 3 is 2.55 bits per heavy atom. The Labute approximate surface area is 118 Å². The highest BCUT2D eigenvalue weighted by molar-refractivity contribution is 5.81. The summed E-state index contributed by atoms with van der Waals surface area (Å²) in [5.41, 5.74) is 5.67. The molecule has 0 radical (unpaired) electrons. The highest BCUT2D eigenvalue weighted by Gasteiger charge is 2.53. The van der Waals surface area contributed by atoms with E-state index in [2.05, 4.69) is 0 Å². The predicted molar refractivity (Wildman–Crippen MR) is 70.9 cm³/mol. The van der Waals surface area contributed by atoms with Crippen molar-refractivity contribution < 1.29 is 19.4 Å². The van der Waals surface area contributed by atoms with Gasteiger partial charge in [0.05, 0.1) is 19.0 Å². The van der Waals surface area contributed by atoms with E-state index in [1.807, 2.05) is 6.92 Å². The molecule has 20 heavy (non-hydrogen) atoms. The first-order valence-corrected chi connectivity index (χ1v) is 7.30. The minimum absolute atomic E-state index is 0.00745. The van der Waals surface area contributed by atoms with Gasteiger partial charge in [0.1, 0.15) is 12.2 Å². The maximum atomic E-state index is 12.5. The first-order valence-electron chi connectivity index (χ1n) is 7.30. The molecule has 1 heterocycles. The average molecular weight is 282 g/mol. The molecule has 4 unspecified atom stereocenters. The first-order chi connectivity index (χ1) is 9.39. The van der Waals surface area contributed by atoms with E-state index in [1.165, 1.54) is 0 Å². The lowest BCUT2D eigenvalue weighted by Crippen LogP contribution is -2.65. The van der Waals surface area contributed by atoms with E-state index in [9.17, 15) is 9.59 Å². The van der Waals surface area contributed by atoms with Gasteiger partial charge >= 0.3 is 5.97 Å². The number of rotatable bonds is 4. The fraction of sp³-hybridized carbons (Fsp3) is 0.857. The second-order valence-electron chi connectivity index (χ2n) is 6.76. The minimum Gasteiger partial charge on any atom is -0.480 e. The summed E-state index contributed by atoms with van der Waals surface area (Å²) in [7, 11) is 0. The Bertz CT molecular complexity index is 431. The molecule has 0 aromatic carbocycles. The lowest BCUT2D eigenvalue weighted by Gasteiger charge is -2.49. The topological polar surface area (TPSA) is 92.9 Å². The maximum absolute atomic E-state index is 12.5. The third kappa shape index (κ3) is 2.20. The minimum atomic E-state index is -0.980. The van der Waals surface area contributed by atoms with Gasteiger partial charge in [-0.15, -0.1) is 0 Å². The van der Waals surface area contributed by atoms with Crippen LogP contribution in [0.15, 0.2) is 0 Å². The van der Waals surface area contributed by atoms with Crippen LogP contribution in [0.25, 0.3) is 0 Å². The summed E-state index contributed by atoms with van der Waals surface area (Å²) in [5.74, 6) is 0.101. The molecule has 0 aromatic heterocycles. The van der Waals surface area contributed by atoms with E-state index in [0.717, 1.165) is 19.3 Å². The van der Waals surface area contributed by atoms with Gasteiger partial charge in [0.15, 0.2) is 0 Å². The van der Waals surface area contributed by atoms with Crippen LogP contribution in [0.1, 0.15) is 26.2 Å². The van der Waals surface area contributed by atoms with Crippen molar-refractivity contribution in [2.75, 3.05) is 19.7 Å². The Hall–Kier alpha value is -1.14. The zero-order chi connectivity index (χ0) is 14.5. The summed E-state index contributed by atoms with van der Waals surface area (Å²) >= 11 is 0. The van der Waals surface area contributed by atoms with Crippen molar-refractivity contribution in [3.05, 3.63) is 0 Å². The normalized spacial score (nSPS) is 37.8. The van der Waals surface area contributed by atoms with Crippen molar-refractivity contribution in [2.45, 2.75) is 37.8 Å². The Morgan fingerprint density at radius 2 is 2.00 bits per heavy atom. The van der Waals surface area contributed by atoms with Crippen LogP contribution in [0.4, 0.5) is 0 Å². The monoisotopic (exact) mass is 282 g/mol. The number of amides is 1. The molecule has 1 saturated heterocycles. The number of carboxylic acid groups (broad SMARTS) is 1. The molecule has 112 valence electrons. The number of likely N-dealkylation sites (tertiary alicyclic amines) is 1. The summed E-state index contributed by atoms with van der Waals surface area (Å²) in [6.07, 6.45) is 3.38. The molecular formula is C14H22N2O4. The van der Waals surface area contributed by atoms with Crippen molar-refractivity contribution >= 4 is 11.9 Å². The van der Waals surface area contributed by atoms with Crippen LogP contribution < -0.4 is 5.73 Å². The number of carbonyl (C=O) groups excluding carboxylic acids is 1. The van der Waals surface area contributed by atoms with Gasteiger partial charge in [-0.25, -0.2) is 4.79 Å². The third-order valence-electron chi connectivity index (χ3n) is 5.17. The molecule has 3 rings (SSSR count). The van der Waals surface area contributed by atoms with Crippen LogP contribution in [0, 0.1) is 17.8 Å². The number of fused-ring (bicyclic) bond motifs is 2. The maximum Gasteiger partial charge on any atom is 0.329 e. The van der Waals surface area contributed by atoms with Crippen LogP contribution >= 0.6 is 0 Å². The number of nitrogens with two attached hydrogens (primary N) is 1. The summed E-state index contributed by atoms with van der Waals surface area (Å²) in [4.78, 5) is 24.8. The molecule has 1 amide bonds. The number of nitrogens with zero attached hydrogens (tertiary/aromatic N) is 1. The van der Waals surface area contributed by atoms with Gasteiger partial charge in [-0.05, 0) is 38.0 Å². The molecule has 0 spiro atoms. The Balaban J connectivity index is 1.55. The number of carboxylic acids is 1. The quantitative estimate of drug-likeness (QED) is 0.760. The molecular weight excluding hydrogens is 260 g/mol. The van der Waals surface area contributed by atoms with Crippen molar-refractivity contribution in [1.82, 2.24) is 4.90 Å². The summed E-state index contributed by atoms with van der Waals surface area (Å²) in [6.45, 7) is 2.48. The molecule has 4 atom stereocenters. The summed E-state index contributed by atoms with van der Waals surface area (Å²) in [6, 6.07) is 0.00745. The average Bonchev–Trinajstić information content (AvgIpc) is 2.92. The van der Waals surface area contributed by atoms with Crippen molar-refractivity contribution in [3.8, 4) is 0 Å². The number of hydrogen-bond acceptors (Lipinski definition) is 4. The van der Waals surface area contributed by atoms with E-state index in [1.54, 1.807) is 4.90 Å². The van der Waals surface area contributed by atoms with E-state index in [0.29, 0.717) is 24.9 Å². The fourth-order valence-corrected chi connectivity index (χ4v) is 4.16. The molecule has 3 aliphatic rings. The lowest BCUT2D eigenvalue weighted by molar-refractivity contribution is -0.176. The molecule has 3 N–H and O–H groups in total. The number of hydrogen-bond donors (Lipinski definition) is 2. The predicted octanol–water partition coefficient (Wildman–Crippen LogP) is 0.0619. The SMILES string of the molecule is CC1(OCC(=O)O)CN(C(=O)C2C3CCC(C3)C2N)C1. The molecule has 6 heteroatoms. The van der Waals surface area contributed by atoms with E-state index in [-0.39, 0.29) is 24.5 Å². The van der Waals surface area contributed by atoms with E-state index >= 15 is 0 Å². The number of aliphatic carboxylic acids is 1. The fourth-order valence-electron chi connectivity index (χ4n) is 4.16. The van der Waals surface area contributed by atoms with Crippen LogP contribution in [0.3, 0.4) is 0 Å². The largest absolute Gasteiger partial charge is 0.480 e. The van der Waals surface area contributed by atoms with Gasteiger partial charge in [0.25, 0.3) is 0 Å². The van der Waals surface area contributed by atoms with Crippen molar-refractivity contribution in [1.29, 1.82) is 0 Å². The van der Waals surface area contributed by atoms with Gasteiger partial charge in [-0.1, -0.05) is 0 Å². The zero-order valence-electron chi connectivity index (χ0n) is 11.7.